The minimum Gasteiger partial charge on any atom is -0.493 e. The summed E-state index contributed by atoms with van der Waals surface area (Å²) in [6.45, 7) is 3.36. The van der Waals surface area contributed by atoms with Gasteiger partial charge < -0.3 is 28.1 Å². The van der Waals surface area contributed by atoms with Crippen LogP contribution in [-0.4, -0.2) is 41.2 Å². The highest BCUT2D eigenvalue weighted by atomic mass is 16.5. The smallest absolute Gasteiger partial charge is 0.339 e. The minimum absolute atomic E-state index is 0.344. The van der Waals surface area contributed by atoms with Crippen molar-refractivity contribution in [2.75, 3.05) is 41.2 Å². The molecular formula is C21H26O7. The van der Waals surface area contributed by atoms with Crippen LogP contribution in [0.15, 0.2) is 33.5 Å². The zero-order chi connectivity index (χ0) is 20.4. The van der Waals surface area contributed by atoms with E-state index >= 15 is 0 Å². The zero-order valence-corrected chi connectivity index (χ0v) is 16.7. The van der Waals surface area contributed by atoms with Crippen molar-refractivity contribution in [1.82, 2.24) is 0 Å². The van der Waals surface area contributed by atoms with Crippen molar-refractivity contribution >= 4 is 12.2 Å². The Labute approximate surface area is 164 Å². The van der Waals surface area contributed by atoms with Crippen LogP contribution in [0.5, 0.6) is 23.0 Å². The molecule has 0 bridgehead atoms. The molecule has 0 saturated heterocycles. The Morgan fingerprint density at radius 2 is 1.61 bits per heavy atom. The van der Waals surface area contributed by atoms with Crippen LogP contribution in [0, 0.1) is 0 Å². The predicted molar refractivity (Wildman–Crippen MR) is 107 cm³/mol. The summed E-state index contributed by atoms with van der Waals surface area (Å²) in [5.74, 6) is 2.47. The third-order valence-electron chi connectivity index (χ3n) is 3.69. The van der Waals surface area contributed by atoms with Crippen LogP contribution in [-0.2, 0) is 4.74 Å². The topological polar surface area (TPSA) is 76.4 Å². The molecule has 0 N–H and O–H groups in total. The van der Waals surface area contributed by atoms with Gasteiger partial charge in [0, 0.05) is 13.2 Å². The average molecular weight is 390 g/mol. The Morgan fingerprint density at radius 1 is 0.893 bits per heavy atom. The summed E-state index contributed by atoms with van der Waals surface area (Å²) in [6, 6.07) is 6.57. The molecule has 7 heteroatoms. The lowest BCUT2D eigenvalue weighted by Gasteiger charge is -2.14. The first-order valence-electron chi connectivity index (χ1n) is 8.95. The first-order valence-corrected chi connectivity index (χ1v) is 8.95. The van der Waals surface area contributed by atoms with Crippen LogP contribution in [0.1, 0.15) is 24.7 Å². The molecule has 1 aromatic heterocycles. The van der Waals surface area contributed by atoms with E-state index in [1.54, 1.807) is 39.5 Å². The molecule has 152 valence electrons. The van der Waals surface area contributed by atoms with E-state index in [2.05, 4.69) is 0 Å². The van der Waals surface area contributed by atoms with Gasteiger partial charge in [0.1, 0.15) is 18.1 Å². The minimum atomic E-state index is -0.493. The molecular weight excluding hydrogens is 364 g/mol. The van der Waals surface area contributed by atoms with Crippen molar-refractivity contribution in [2.45, 2.75) is 13.3 Å². The fraction of sp³-hybridized carbons (Fsp3) is 0.381. The Kier molecular flexibility index (Phi) is 8.42. The Bertz CT molecular complexity index is 814. The number of benzene rings is 1. The van der Waals surface area contributed by atoms with Gasteiger partial charge in [0.2, 0.25) is 5.75 Å². The van der Waals surface area contributed by atoms with Crippen LogP contribution in [0.3, 0.4) is 0 Å². The average Bonchev–Trinajstić information content (AvgIpc) is 2.70. The highest BCUT2D eigenvalue weighted by Crippen LogP contribution is 2.39. The van der Waals surface area contributed by atoms with Gasteiger partial charge in [-0.2, -0.15) is 0 Å². The van der Waals surface area contributed by atoms with E-state index in [9.17, 15) is 4.79 Å². The fourth-order valence-corrected chi connectivity index (χ4v) is 2.40. The molecule has 0 unspecified atom stereocenters. The van der Waals surface area contributed by atoms with Gasteiger partial charge in [-0.1, -0.05) is 13.0 Å². The van der Waals surface area contributed by atoms with E-state index in [-0.39, 0.29) is 0 Å². The Morgan fingerprint density at radius 3 is 2.21 bits per heavy atom. The molecule has 0 aliphatic carbocycles. The van der Waals surface area contributed by atoms with E-state index in [0.717, 1.165) is 12.0 Å². The number of rotatable bonds is 11. The van der Waals surface area contributed by atoms with E-state index in [0.29, 0.717) is 48.6 Å². The molecule has 28 heavy (non-hydrogen) atoms. The molecule has 0 amide bonds. The standard InChI is InChI=1S/C21H26O7/c1-5-8-27-21-18(24-3)11-15(12-19(21)25-4)6-7-16-13-17(14-20(22)28-16)26-10-9-23-2/h6-7,11-14H,5,8-10H2,1-4H3. The SMILES string of the molecule is CCCOc1c(OC)cc(C=Cc2cc(OCCOC)cc(=O)o2)cc1OC. The largest absolute Gasteiger partial charge is 0.493 e. The molecule has 0 aliphatic heterocycles. The fourth-order valence-electron chi connectivity index (χ4n) is 2.40. The van der Waals surface area contributed by atoms with E-state index in [1.165, 1.54) is 6.07 Å². The number of hydrogen-bond acceptors (Lipinski definition) is 7. The van der Waals surface area contributed by atoms with Crippen molar-refractivity contribution in [3.63, 3.8) is 0 Å². The van der Waals surface area contributed by atoms with E-state index in [1.807, 2.05) is 19.1 Å². The molecule has 0 aliphatic rings. The van der Waals surface area contributed by atoms with Gasteiger partial charge in [-0.25, -0.2) is 4.79 Å². The molecule has 0 saturated carbocycles. The van der Waals surface area contributed by atoms with Crippen LogP contribution in [0.25, 0.3) is 12.2 Å². The molecule has 7 nitrogen and oxygen atoms in total. The summed E-state index contributed by atoms with van der Waals surface area (Å²) in [5, 5.41) is 0. The third kappa shape index (κ3) is 6.06. The van der Waals surface area contributed by atoms with Gasteiger partial charge in [-0.05, 0) is 30.2 Å². The molecule has 0 radical (unpaired) electrons. The highest BCUT2D eigenvalue weighted by molar-refractivity contribution is 5.71. The monoisotopic (exact) mass is 390 g/mol. The van der Waals surface area contributed by atoms with Crippen molar-refractivity contribution in [2.24, 2.45) is 0 Å². The number of ether oxygens (including phenoxy) is 5. The van der Waals surface area contributed by atoms with Gasteiger partial charge in [0.05, 0.1) is 33.5 Å². The van der Waals surface area contributed by atoms with Crippen molar-refractivity contribution in [3.8, 4) is 23.0 Å². The van der Waals surface area contributed by atoms with Crippen molar-refractivity contribution < 1.29 is 28.1 Å². The van der Waals surface area contributed by atoms with Crippen molar-refractivity contribution in [1.29, 1.82) is 0 Å². The lowest BCUT2D eigenvalue weighted by molar-refractivity contribution is 0.146. The second-order valence-corrected chi connectivity index (χ2v) is 5.79. The molecule has 1 aromatic carbocycles. The zero-order valence-electron chi connectivity index (χ0n) is 16.7. The second kappa shape index (κ2) is 11.0. The molecule has 0 fully saturated rings. The highest BCUT2D eigenvalue weighted by Gasteiger charge is 2.13. The van der Waals surface area contributed by atoms with Gasteiger partial charge in [-0.3, -0.25) is 0 Å². The van der Waals surface area contributed by atoms with Gasteiger partial charge in [-0.15, -0.1) is 0 Å². The normalized spacial score (nSPS) is 10.9. The van der Waals surface area contributed by atoms with Crippen LogP contribution < -0.4 is 24.6 Å². The summed E-state index contributed by atoms with van der Waals surface area (Å²) in [6.07, 6.45) is 4.33. The summed E-state index contributed by atoms with van der Waals surface area (Å²) < 4.78 is 32.2. The van der Waals surface area contributed by atoms with Crippen LogP contribution in [0.4, 0.5) is 0 Å². The summed E-state index contributed by atoms with van der Waals surface area (Å²) in [7, 11) is 4.72. The first-order chi connectivity index (χ1) is 13.6. The number of hydrogen-bond donors (Lipinski definition) is 0. The molecule has 2 aromatic rings. The maximum absolute atomic E-state index is 11.7. The molecule has 2 rings (SSSR count). The van der Waals surface area contributed by atoms with E-state index in [4.69, 9.17) is 28.1 Å². The predicted octanol–water partition coefficient (Wildman–Crippen LogP) is 3.64. The van der Waals surface area contributed by atoms with Crippen LogP contribution >= 0.6 is 0 Å². The first kappa shape index (κ1) is 21.4. The maximum Gasteiger partial charge on any atom is 0.339 e. The summed E-state index contributed by atoms with van der Waals surface area (Å²) in [4.78, 5) is 11.7. The van der Waals surface area contributed by atoms with Gasteiger partial charge in [0.15, 0.2) is 11.5 Å². The molecule has 0 spiro atoms. The summed E-state index contributed by atoms with van der Waals surface area (Å²) in [5.41, 5.74) is 0.305. The lowest BCUT2D eigenvalue weighted by Crippen LogP contribution is -2.07. The van der Waals surface area contributed by atoms with Crippen LogP contribution in [0.2, 0.25) is 0 Å². The quantitative estimate of drug-likeness (QED) is 0.542. The van der Waals surface area contributed by atoms with Gasteiger partial charge in [0.25, 0.3) is 0 Å². The third-order valence-corrected chi connectivity index (χ3v) is 3.69. The van der Waals surface area contributed by atoms with Gasteiger partial charge >= 0.3 is 5.63 Å². The maximum atomic E-state index is 11.7. The Hall–Kier alpha value is -2.93. The summed E-state index contributed by atoms with van der Waals surface area (Å²) >= 11 is 0. The second-order valence-electron chi connectivity index (χ2n) is 5.79. The molecule has 1 heterocycles. The number of methoxy groups -OCH3 is 3. The van der Waals surface area contributed by atoms with E-state index < -0.39 is 5.63 Å². The lowest BCUT2D eigenvalue weighted by atomic mass is 10.1. The Balaban J connectivity index is 2.27. The molecule has 0 atom stereocenters. The van der Waals surface area contributed by atoms with Crippen molar-refractivity contribution in [3.05, 3.63) is 46.0 Å².